The van der Waals surface area contributed by atoms with Crippen molar-refractivity contribution >= 4 is 23.2 Å². The molecular weight excluding hydrogens is 282 g/mol. The Morgan fingerprint density at radius 2 is 1.86 bits per heavy atom. The number of halogens is 1. The summed E-state index contributed by atoms with van der Waals surface area (Å²) in [6.07, 6.45) is 1.96. The van der Waals surface area contributed by atoms with Crippen LogP contribution >= 0.6 is 11.6 Å². The second-order valence-electron chi connectivity index (χ2n) is 5.66. The van der Waals surface area contributed by atoms with Gasteiger partial charge in [0.25, 0.3) is 5.91 Å². The van der Waals surface area contributed by atoms with Crippen LogP contribution in [0.15, 0.2) is 36.4 Å². The third-order valence-corrected chi connectivity index (χ3v) is 4.20. The average Bonchev–Trinajstić information content (AvgIpc) is 2.46. The molecule has 2 nitrogen and oxygen atoms in total. The van der Waals surface area contributed by atoms with Gasteiger partial charge in [0.15, 0.2) is 0 Å². The van der Waals surface area contributed by atoms with Crippen molar-refractivity contribution in [3.05, 3.63) is 63.7 Å². The average molecular weight is 300 g/mol. The largest absolute Gasteiger partial charge is 0.308 e. The topological polar surface area (TPSA) is 20.3 Å². The summed E-state index contributed by atoms with van der Waals surface area (Å²) in [5, 5.41) is 0.746. The molecule has 0 spiro atoms. The highest BCUT2D eigenvalue weighted by molar-refractivity contribution is 6.31. The fourth-order valence-corrected chi connectivity index (χ4v) is 3.27. The molecule has 2 aromatic carbocycles. The minimum Gasteiger partial charge on any atom is -0.308 e. The van der Waals surface area contributed by atoms with Gasteiger partial charge < -0.3 is 4.90 Å². The molecule has 108 valence electrons. The number of amides is 1. The van der Waals surface area contributed by atoms with Crippen LogP contribution in [0, 0.1) is 13.8 Å². The first-order valence-electron chi connectivity index (χ1n) is 7.24. The summed E-state index contributed by atoms with van der Waals surface area (Å²) in [6, 6.07) is 11.7. The molecule has 0 saturated heterocycles. The van der Waals surface area contributed by atoms with Gasteiger partial charge in [0, 0.05) is 17.1 Å². The van der Waals surface area contributed by atoms with Crippen LogP contribution in [0.2, 0.25) is 5.02 Å². The van der Waals surface area contributed by atoms with E-state index in [1.807, 2.05) is 55.1 Å². The van der Waals surface area contributed by atoms with Crippen molar-refractivity contribution in [1.29, 1.82) is 0 Å². The van der Waals surface area contributed by atoms with Gasteiger partial charge in [0.2, 0.25) is 0 Å². The number of hydrogen-bond acceptors (Lipinski definition) is 1. The van der Waals surface area contributed by atoms with Gasteiger partial charge in [0.1, 0.15) is 0 Å². The molecule has 21 heavy (non-hydrogen) atoms. The van der Waals surface area contributed by atoms with Gasteiger partial charge in [-0.1, -0.05) is 29.3 Å². The fraction of sp³-hybridized carbons (Fsp3) is 0.278. The Morgan fingerprint density at radius 3 is 2.57 bits per heavy atom. The summed E-state index contributed by atoms with van der Waals surface area (Å²) < 4.78 is 0. The molecule has 1 aliphatic heterocycles. The third kappa shape index (κ3) is 2.68. The molecular formula is C18H18ClNO. The predicted molar refractivity (Wildman–Crippen MR) is 87.4 cm³/mol. The van der Waals surface area contributed by atoms with Crippen LogP contribution in [0.5, 0.6) is 0 Å². The zero-order valence-electron chi connectivity index (χ0n) is 12.3. The molecule has 0 bridgehead atoms. The number of carbonyl (C=O) groups excluding carboxylic acids is 1. The van der Waals surface area contributed by atoms with Gasteiger partial charge in [-0.05, 0) is 62.1 Å². The van der Waals surface area contributed by atoms with Gasteiger partial charge >= 0.3 is 0 Å². The number of aryl methyl sites for hydroxylation is 3. The van der Waals surface area contributed by atoms with Gasteiger partial charge in [-0.3, -0.25) is 4.79 Å². The number of nitrogens with zero attached hydrogens (tertiary/aromatic N) is 1. The van der Waals surface area contributed by atoms with Crippen LogP contribution in [0.1, 0.15) is 33.5 Å². The van der Waals surface area contributed by atoms with E-state index in [0.29, 0.717) is 0 Å². The Morgan fingerprint density at radius 1 is 1.14 bits per heavy atom. The lowest BCUT2D eigenvalue weighted by Crippen LogP contribution is -2.36. The van der Waals surface area contributed by atoms with E-state index in [1.54, 1.807) is 0 Å². The first-order chi connectivity index (χ1) is 10.1. The van der Waals surface area contributed by atoms with Crippen LogP contribution in [0.25, 0.3) is 0 Å². The molecule has 3 heteroatoms. The Kier molecular flexibility index (Phi) is 3.73. The van der Waals surface area contributed by atoms with Gasteiger partial charge in [0.05, 0.1) is 5.69 Å². The van der Waals surface area contributed by atoms with Crippen LogP contribution in [-0.2, 0) is 6.42 Å². The van der Waals surface area contributed by atoms with E-state index in [2.05, 4.69) is 0 Å². The zero-order chi connectivity index (χ0) is 15.0. The quantitative estimate of drug-likeness (QED) is 0.756. The summed E-state index contributed by atoms with van der Waals surface area (Å²) in [5.74, 6) is 0.0707. The Balaban J connectivity index is 2.02. The van der Waals surface area contributed by atoms with Crippen molar-refractivity contribution in [3.8, 4) is 0 Å². The summed E-state index contributed by atoms with van der Waals surface area (Å²) in [7, 11) is 0. The second-order valence-corrected chi connectivity index (χ2v) is 6.09. The maximum Gasteiger partial charge on any atom is 0.258 e. The number of anilines is 1. The molecule has 2 aromatic rings. The van der Waals surface area contributed by atoms with Crippen LogP contribution in [-0.4, -0.2) is 12.5 Å². The van der Waals surface area contributed by atoms with Crippen molar-refractivity contribution < 1.29 is 4.79 Å². The van der Waals surface area contributed by atoms with E-state index in [1.165, 1.54) is 5.56 Å². The standard InChI is InChI=1S/C18H18ClNO/c1-12-5-7-14(8-6-12)18(21)20-9-3-4-15-11-16(19)10-13(2)17(15)20/h5-8,10-11H,3-4,9H2,1-2H3. The lowest BCUT2D eigenvalue weighted by atomic mass is 9.97. The normalized spacial score (nSPS) is 14.0. The van der Waals surface area contributed by atoms with Crippen LogP contribution < -0.4 is 4.90 Å². The molecule has 0 saturated carbocycles. The van der Waals surface area contributed by atoms with Crippen molar-refractivity contribution in [2.75, 3.05) is 11.4 Å². The van der Waals surface area contributed by atoms with Crippen LogP contribution in [0.4, 0.5) is 5.69 Å². The van der Waals surface area contributed by atoms with Crippen molar-refractivity contribution in [1.82, 2.24) is 0 Å². The number of rotatable bonds is 1. The van der Waals surface area contributed by atoms with E-state index in [0.717, 1.165) is 46.8 Å². The summed E-state index contributed by atoms with van der Waals surface area (Å²) in [5.41, 5.74) is 5.18. The highest BCUT2D eigenvalue weighted by Gasteiger charge is 2.25. The van der Waals surface area contributed by atoms with E-state index in [4.69, 9.17) is 11.6 Å². The highest BCUT2D eigenvalue weighted by Crippen LogP contribution is 2.34. The maximum absolute atomic E-state index is 12.8. The monoisotopic (exact) mass is 299 g/mol. The Hall–Kier alpha value is -1.80. The van der Waals surface area contributed by atoms with Gasteiger partial charge in [-0.25, -0.2) is 0 Å². The second kappa shape index (κ2) is 5.53. The summed E-state index contributed by atoms with van der Waals surface area (Å²) in [4.78, 5) is 14.7. The Bertz CT molecular complexity index is 691. The number of benzene rings is 2. The minimum atomic E-state index is 0.0707. The first-order valence-corrected chi connectivity index (χ1v) is 7.61. The van der Waals surface area contributed by atoms with E-state index in [9.17, 15) is 4.79 Å². The zero-order valence-corrected chi connectivity index (χ0v) is 13.1. The molecule has 0 atom stereocenters. The van der Waals surface area contributed by atoms with Crippen molar-refractivity contribution in [2.24, 2.45) is 0 Å². The molecule has 1 aliphatic rings. The van der Waals surface area contributed by atoms with E-state index >= 15 is 0 Å². The minimum absolute atomic E-state index is 0.0707. The number of fused-ring (bicyclic) bond motifs is 1. The molecule has 1 amide bonds. The van der Waals surface area contributed by atoms with Gasteiger partial charge in [-0.15, -0.1) is 0 Å². The lowest BCUT2D eigenvalue weighted by molar-refractivity contribution is 0.0985. The lowest BCUT2D eigenvalue weighted by Gasteiger charge is -2.31. The van der Waals surface area contributed by atoms with Crippen LogP contribution in [0.3, 0.4) is 0 Å². The van der Waals surface area contributed by atoms with Crippen molar-refractivity contribution in [2.45, 2.75) is 26.7 Å². The molecule has 0 N–H and O–H groups in total. The number of hydrogen-bond donors (Lipinski definition) is 0. The maximum atomic E-state index is 12.8. The highest BCUT2D eigenvalue weighted by atomic mass is 35.5. The summed E-state index contributed by atoms with van der Waals surface area (Å²) in [6.45, 7) is 4.81. The van der Waals surface area contributed by atoms with Crippen molar-refractivity contribution in [3.63, 3.8) is 0 Å². The first kappa shape index (κ1) is 14.2. The van der Waals surface area contributed by atoms with E-state index < -0.39 is 0 Å². The third-order valence-electron chi connectivity index (χ3n) is 3.99. The molecule has 0 aliphatic carbocycles. The summed E-state index contributed by atoms with van der Waals surface area (Å²) >= 11 is 6.14. The smallest absolute Gasteiger partial charge is 0.258 e. The molecule has 0 fully saturated rings. The SMILES string of the molecule is Cc1ccc(C(=O)N2CCCc3cc(Cl)cc(C)c32)cc1. The molecule has 0 radical (unpaired) electrons. The fourth-order valence-electron chi connectivity index (χ4n) is 2.98. The molecule has 0 aromatic heterocycles. The molecule has 0 unspecified atom stereocenters. The molecule has 1 heterocycles. The van der Waals surface area contributed by atoms with E-state index in [-0.39, 0.29) is 5.91 Å². The Labute approximate surface area is 130 Å². The number of carbonyl (C=O) groups is 1. The van der Waals surface area contributed by atoms with Gasteiger partial charge in [-0.2, -0.15) is 0 Å². The predicted octanol–water partition coefficient (Wildman–Crippen LogP) is 4.55. The molecule has 3 rings (SSSR count).